The van der Waals surface area contributed by atoms with Gasteiger partial charge in [0.15, 0.2) is 0 Å². The van der Waals surface area contributed by atoms with Crippen molar-refractivity contribution in [3.8, 4) is 0 Å². The molecule has 0 aromatic heterocycles. The molecule has 8 nitrogen and oxygen atoms in total. The highest BCUT2D eigenvalue weighted by molar-refractivity contribution is 7.87. The van der Waals surface area contributed by atoms with Crippen molar-refractivity contribution in [1.29, 1.82) is 0 Å². The van der Waals surface area contributed by atoms with Crippen LogP contribution in [0.3, 0.4) is 0 Å². The molecule has 0 spiro atoms. The van der Waals surface area contributed by atoms with E-state index in [4.69, 9.17) is 9.47 Å². The van der Waals surface area contributed by atoms with Gasteiger partial charge >= 0.3 is 6.09 Å². The summed E-state index contributed by atoms with van der Waals surface area (Å²) in [7, 11) is -0.644. The molecule has 3 heterocycles. The third-order valence-electron chi connectivity index (χ3n) is 7.15. The fourth-order valence-electron chi connectivity index (χ4n) is 5.35. The number of carbonyl (C=O) groups excluding carboxylic acids is 1. The van der Waals surface area contributed by atoms with Crippen LogP contribution in [0.5, 0.6) is 0 Å². The minimum atomic E-state index is -3.63. The van der Waals surface area contributed by atoms with Crippen LogP contribution in [0.1, 0.15) is 56.1 Å². The molecule has 32 heavy (non-hydrogen) atoms. The van der Waals surface area contributed by atoms with E-state index in [1.807, 2.05) is 13.0 Å². The fourth-order valence-corrected chi connectivity index (χ4v) is 6.20. The zero-order valence-electron chi connectivity index (χ0n) is 19.2. The second-order valence-electron chi connectivity index (χ2n) is 9.44. The van der Waals surface area contributed by atoms with Crippen LogP contribution >= 0.6 is 0 Å². The van der Waals surface area contributed by atoms with E-state index in [9.17, 15) is 13.2 Å². The first-order chi connectivity index (χ1) is 15.3. The maximum atomic E-state index is 13.1. The molecule has 4 aliphatic rings. The molecule has 5 rings (SSSR count). The van der Waals surface area contributed by atoms with Gasteiger partial charge < -0.3 is 9.47 Å². The summed E-state index contributed by atoms with van der Waals surface area (Å²) >= 11 is 0. The number of fused-ring (bicyclic) bond motifs is 6. The molecule has 9 heteroatoms. The van der Waals surface area contributed by atoms with E-state index in [-0.39, 0.29) is 12.1 Å². The van der Waals surface area contributed by atoms with Crippen molar-refractivity contribution >= 4 is 16.3 Å². The Hall–Kier alpha value is -1.68. The summed E-state index contributed by atoms with van der Waals surface area (Å²) in [4.78, 5) is 14.7. The molecule has 2 bridgehead atoms. The molecule has 1 N–H and O–H groups in total. The number of hydrogen-bond donors (Lipinski definition) is 1. The lowest BCUT2D eigenvalue weighted by Gasteiger charge is -2.34. The normalized spacial score (nSPS) is 31.7. The van der Waals surface area contributed by atoms with Gasteiger partial charge in [-0.1, -0.05) is 24.3 Å². The summed E-state index contributed by atoms with van der Waals surface area (Å²) in [6, 6.07) is 7.48. The van der Waals surface area contributed by atoms with E-state index >= 15 is 0 Å². The van der Waals surface area contributed by atoms with Crippen molar-refractivity contribution in [1.82, 2.24) is 13.9 Å². The number of hydrogen-bond acceptors (Lipinski definition) is 5. The molecule has 3 aliphatic heterocycles. The van der Waals surface area contributed by atoms with Gasteiger partial charge in [-0.05, 0) is 56.1 Å². The van der Waals surface area contributed by atoms with E-state index in [0.717, 1.165) is 30.0 Å². The van der Waals surface area contributed by atoms with Crippen LogP contribution in [0, 0.1) is 0 Å². The van der Waals surface area contributed by atoms with Crippen LogP contribution in [-0.2, 0) is 26.1 Å². The molecule has 3 atom stereocenters. The van der Waals surface area contributed by atoms with Crippen LogP contribution in [-0.4, -0.2) is 75.3 Å². The van der Waals surface area contributed by atoms with Crippen LogP contribution in [0.4, 0.5) is 4.79 Å². The van der Waals surface area contributed by atoms with Gasteiger partial charge in [0, 0.05) is 32.6 Å². The van der Waals surface area contributed by atoms with Crippen molar-refractivity contribution in [3.05, 3.63) is 35.4 Å². The van der Waals surface area contributed by atoms with Gasteiger partial charge in [0.2, 0.25) is 0 Å². The first-order valence-corrected chi connectivity index (χ1v) is 13.0. The number of benzene rings is 1. The molecular weight excluding hydrogens is 430 g/mol. The maximum absolute atomic E-state index is 13.1. The van der Waals surface area contributed by atoms with Gasteiger partial charge in [0.1, 0.15) is 0 Å². The Labute approximate surface area is 191 Å². The minimum Gasteiger partial charge on any atom is -0.449 e. The number of carbonyl (C=O) groups is 1. The lowest BCUT2D eigenvalue weighted by molar-refractivity contribution is -0.0110. The molecule has 1 aliphatic carbocycles. The smallest absolute Gasteiger partial charge is 0.410 e. The van der Waals surface area contributed by atoms with E-state index in [1.54, 1.807) is 4.90 Å². The highest BCUT2D eigenvalue weighted by Gasteiger charge is 2.45. The molecule has 1 amide bonds. The van der Waals surface area contributed by atoms with Gasteiger partial charge in [-0.2, -0.15) is 17.4 Å². The molecule has 1 saturated heterocycles. The zero-order chi connectivity index (χ0) is 22.9. The molecule has 2 fully saturated rings. The first kappa shape index (κ1) is 23.5. The fraction of sp³-hybridized carbons (Fsp3) is 0.696. The predicted molar refractivity (Wildman–Crippen MR) is 122 cm³/mol. The Morgan fingerprint density at radius 2 is 1.84 bits per heavy atom. The highest BCUT2D eigenvalue weighted by Crippen LogP contribution is 2.37. The van der Waals surface area contributed by atoms with Crippen molar-refractivity contribution < 1.29 is 22.7 Å². The third kappa shape index (κ3) is 4.95. The van der Waals surface area contributed by atoms with E-state index < -0.39 is 28.4 Å². The number of rotatable bonds is 3. The summed E-state index contributed by atoms with van der Waals surface area (Å²) in [6.07, 6.45) is 5.01. The summed E-state index contributed by atoms with van der Waals surface area (Å²) in [6.45, 7) is 2.53. The second-order valence-corrected chi connectivity index (χ2v) is 11.4. The summed E-state index contributed by atoms with van der Waals surface area (Å²) < 4.78 is 40.9. The lowest BCUT2D eigenvalue weighted by atomic mass is 9.80. The summed E-state index contributed by atoms with van der Waals surface area (Å²) in [5, 5.41) is 0. The third-order valence-corrected chi connectivity index (χ3v) is 8.71. The Morgan fingerprint density at radius 1 is 1.12 bits per heavy atom. The van der Waals surface area contributed by atoms with Gasteiger partial charge in [-0.25, -0.2) is 4.79 Å². The molecule has 178 valence electrons. The Balaban J connectivity index is 1.57. The molecule has 1 aromatic carbocycles. The monoisotopic (exact) mass is 465 g/mol. The summed E-state index contributed by atoms with van der Waals surface area (Å²) in [5.41, 5.74) is 2.61. The maximum Gasteiger partial charge on any atom is 0.410 e. The molecule has 1 saturated carbocycles. The van der Waals surface area contributed by atoms with E-state index in [1.165, 1.54) is 25.2 Å². The van der Waals surface area contributed by atoms with E-state index in [0.29, 0.717) is 32.0 Å². The molecule has 3 unspecified atom stereocenters. The number of ether oxygens (including phenoxy) is 2. The van der Waals surface area contributed by atoms with Crippen LogP contribution in [0.25, 0.3) is 0 Å². The average molecular weight is 466 g/mol. The summed E-state index contributed by atoms with van der Waals surface area (Å²) in [5.74, 6) is 0.507. The Kier molecular flexibility index (Phi) is 7.09. The van der Waals surface area contributed by atoms with E-state index in [2.05, 4.69) is 22.9 Å². The number of nitrogens with one attached hydrogen (secondary N) is 1. The van der Waals surface area contributed by atoms with Gasteiger partial charge in [0.05, 0.1) is 25.4 Å². The van der Waals surface area contributed by atoms with Gasteiger partial charge in [-0.3, -0.25) is 4.90 Å². The largest absolute Gasteiger partial charge is 0.449 e. The SMILES string of the molecule is CC1CC(NS(=O)(=O)N(C)C)C2CO[C@H]3CC[C@H](CC3)c3ccccc3CCOC(=O)N12. The zero-order valence-corrected chi connectivity index (χ0v) is 20.0. The Morgan fingerprint density at radius 3 is 2.56 bits per heavy atom. The number of amides is 1. The van der Waals surface area contributed by atoms with Gasteiger partial charge in [-0.15, -0.1) is 0 Å². The topological polar surface area (TPSA) is 88.2 Å². The molecule has 0 radical (unpaired) electrons. The van der Waals surface area contributed by atoms with Crippen LogP contribution in [0.2, 0.25) is 0 Å². The van der Waals surface area contributed by atoms with Crippen molar-refractivity contribution in [2.75, 3.05) is 27.3 Å². The van der Waals surface area contributed by atoms with Crippen molar-refractivity contribution in [2.45, 2.75) is 75.6 Å². The standard InChI is InChI=1S/C23H35N3O5S/c1-16-14-21(24-32(28,29)25(2)3)22-15-31-19-10-8-18(9-11-19)20-7-5-4-6-17(20)12-13-30-23(27)26(16)22/h4-7,16,18-19,21-22,24H,8-15H2,1-3H3/t16?,18-,19+,21?,22?. The minimum absolute atomic E-state index is 0.126. The van der Waals surface area contributed by atoms with Crippen molar-refractivity contribution in [3.63, 3.8) is 0 Å². The van der Waals surface area contributed by atoms with Crippen LogP contribution in [0.15, 0.2) is 24.3 Å². The molecule has 1 aromatic rings. The molecular formula is C23H35N3O5S. The Bertz CT molecular complexity index is 914. The second kappa shape index (κ2) is 9.67. The first-order valence-electron chi connectivity index (χ1n) is 11.6. The lowest BCUT2D eigenvalue weighted by Crippen LogP contribution is -2.52. The number of nitrogens with zero attached hydrogens (tertiary/aromatic N) is 2. The quantitative estimate of drug-likeness (QED) is 0.742. The van der Waals surface area contributed by atoms with Crippen LogP contribution < -0.4 is 4.72 Å². The van der Waals surface area contributed by atoms with Gasteiger partial charge in [0.25, 0.3) is 10.2 Å². The highest BCUT2D eigenvalue weighted by atomic mass is 32.2. The predicted octanol–water partition coefficient (Wildman–Crippen LogP) is 2.65. The van der Waals surface area contributed by atoms with Crippen molar-refractivity contribution in [2.24, 2.45) is 0 Å². The average Bonchev–Trinajstić information content (AvgIpc) is 3.06.